The van der Waals surface area contributed by atoms with Gasteiger partial charge in [-0.05, 0) is 38.3 Å². The summed E-state index contributed by atoms with van der Waals surface area (Å²) in [6.45, 7) is 6.63. The van der Waals surface area contributed by atoms with Crippen LogP contribution in [0.1, 0.15) is 44.5 Å². The monoisotopic (exact) mass is 341 g/mol. The minimum absolute atomic E-state index is 0.0599. The number of benzene rings is 1. The van der Waals surface area contributed by atoms with E-state index < -0.39 is 0 Å². The Hall–Kier alpha value is -2.21. The van der Waals surface area contributed by atoms with Gasteiger partial charge in [-0.15, -0.1) is 10.2 Å². The predicted octanol–water partition coefficient (Wildman–Crippen LogP) is 2.90. The molecule has 0 saturated heterocycles. The zero-order valence-corrected chi connectivity index (χ0v) is 15.2. The van der Waals surface area contributed by atoms with Gasteiger partial charge in [-0.3, -0.25) is 4.79 Å². The van der Waals surface area contributed by atoms with Crippen LogP contribution in [0.2, 0.25) is 0 Å². The molecular weight excluding hydrogens is 314 g/mol. The van der Waals surface area contributed by atoms with E-state index in [1.54, 1.807) is 0 Å². The van der Waals surface area contributed by atoms with E-state index in [4.69, 9.17) is 5.73 Å². The van der Waals surface area contributed by atoms with Gasteiger partial charge in [-0.1, -0.05) is 25.5 Å². The molecule has 3 N–H and O–H groups in total. The van der Waals surface area contributed by atoms with Gasteiger partial charge in [-0.2, -0.15) is 0 Å². The van der Waals surface area contributed by atoms with E-state index in [9.17, 15) is 4.79 Å². The maximum absolute atomic E-state index is 12.4. The third-order valence-corrected chi connectivity index (χ3v) is 5.07. The molecule has 25 heavy (non-hydrogen) atoms. The Morgan fingerprint density at radius 3 is 2.80 bits per heavy atom. The second-order valence-electron chi connectivity index (χ2n) is 7.07. The van der Waals surface area contributed by atoms with Crippen molar-refractivity contribution in [1.82, 2.24) is 14.8 Å². The van der Waals surface area contributed by atoms with Crippen LogP contribution in [0, 0.1) is 12.8 Å². The summed E-state index contributed by atoms with van der Waals surface area (Å²) in [5.41, 5.74) is 8.65. The first-order valence-corrected chi connectivity index (χ1v) is 9.07. The van der Waals surface area contributed by atoms with Crippen LogP contribution in [0.4, 0.5) is 5.69 Å². The van der Waals surface area contributed by atoms with Crippen LogP contribution in [-0.2, 0) is 17.8 Å². The highest BCUT2D eigenvalue weighted by Gasteiger charge is 2.20. The molecule has 1 aliphatic rings. The molecule has 2 aromatic rings. The summed E-state index contributed by atoms with van der Waals surface area (Å²) < 4.78 is 2.22. The number of fused-ring (bicyclic) bond motifs is 1. The van der Waals surface area contributed by atoms with Crippen molar-refractivity contribution in [3.05, 3.63) is 29.6 Å². The standard InChI is InChI=1S/C19H27N5O/c1-12-8-9-15(11-16(12)21-19(25)13(2)14(3)20)18-23-22-17-7-5-4-6-10-24(17)18/h8-9,11,13-14H,4-7,10,20H2,1-3H3,(H,21,25). The smallest absolute Gasteiger partial charge is 0.228 e. The molecule has 0 saturated carbocycles. The molecule has 2 heterocycles. The molecule has 0 fully saturated rings. The van der Waals surface area contributed by atoms with E-state index in [1.807, 2.05) is 39.0 Å². The van der Waals surface area contributed by atoms with E-state index in [0.717, 1.165) is 47.8 Å². The summed E-state index contributed by atoms with van der Waals surface area (Å²) in [5, 5.41) is 11.8. The number of carbonyl (C=O) groups excluding carboxylic acids is 1. The molecule has 0 radical (unpaired) electrons. The van der Waals surface area contributed by atoms with Gasteiger partial charge in [0, 0.05) is 30.3 Å². The Morgan fingerprint density at radius 1 is 1.24 bits per heavy atom. The van der Waals surface area contributed by atoms with E-state index in [2.05, 4.69) is 20.1 Å². The Kier molecular flexibility index (Phi) is 5.18. The zero-order chi connectivity index (χ0) is 18.0. The maximum atomic E-state index is 12.4. The van der Waals surface area contributed by atoms with Crippen LogP contribution in [0.25, 0.3) is 11.4 Å². The Bertz CT molecular complexity index is 765. The van der Waals surface area contributed by atoms with Gasteiger partial charge in [0.2, 0.25) is 5.91 Å². The second kappa shape index (κ2) is 7.35. The van der Waals surface area contributed by atoms with Gasteiger partial charge in [0.25, 0.3) is 0 Å². The normalized spacial score (nSPS) is 16.6. The molecule has 1 aliphatic heterocycles. The van der Waals surface area contributed by atoms with Crippen molar-refractivity contribution in [2.24, 2.45) is 11.7 Å². The van der Waals surface area contributed by atoms with E-state index in [1.165, 1.54) is 12.8 Å². The molecule has 3 rings (SSSR count). The Labute approximate surface area is 148 Å². The fraction of sp³-hybridized carbons (Fsp3) is 0.526. The second-order valence-corrected chi connectivity index (χ2v) is 7.07. The minimum Gasteiger partial charge on any atom is -0.327 e. The number of aromatic nitrogens is 3. The van der Waals surface area contributed by atoms with Gasteiger partial charge in [0.15, 0.2) is 5.82 Å². The lowest BCUT2D eigenvalue weighted by Crippen LogP contribution is -2.34. The average molecular weight is 341 g/mol. The number of rotatable bonds is 4. The van der Waals surface area contributed by atoms with Gasteiger partial charge in [0.1, 0.15) is 5.82 Å². The maximum Gasteiger partial charge on any atom is 0.228 e. The molecule has 1 amide bonds. The van der Waals surface area contributed by atoms with Crippen molar-refractivity contribution in [3.8, 4) is 11.4 Å². The van der Waals surface area contributed by atoms with Crippen molar-refractivity contribution in [2.45, 2.75) is 59.0 Å². The third-order valence-electron chi connectivity index (χ3n) is 5.07. The van der Waals surface area contributed by atoms with Crippen LogP contribution in [0.3, 0.4) is 0 Å². The van der Waals surface area contributed by atoms with E-state index in [-0.39, 0.29) is 17.9 Å². The number of hydrogen-bond donors (Lipinski definition) is 2. The number of nitrogens with two attached hydrogens (primary N) is 1. The first kappa shape index (κ1) is 17.6. The number of carbonyl (C=O) groups is 1. The quantitative estimate of drug-likeness (QED) is 0.895. The lowest BCUT2D eigenvalue weighted by Gasteiger charge is -2.17. The number of amides is 1. The molecule has 0 spiro atoms. The highest BCUT2D eigenvalue weighted by atomic mass is 16.1. The molecule has 134 valence electrons. The molecule has 0 aliphatic carbocycles. The molecule has 6 nitrogen and oxygen atoms in total. The van der Waals surface area contributed by atoms with Crippen molar-refractivity contribution >= 4 is 11.6 Å². The van der Waals surface area contributed by atoms with Gasteiger partial charge in [-0.25, -0.2) is 0 Å². The third kappa shape index (κ3) is 3.74. The largest absolute Gasteiger partial charge is 0.327 e. The fourth-order valence-electron chi connectivity index (χ4n) is 3.08. The van der Waals surface area contributed by atoms with Gasteiger partial charge >= 0.3 is 0 Å². The molecule has 6 heteroatoms. The van der Waals surface area contributed by atoms with Crippen LogP contribution in [-0.4, -0.2) is 26.7 Å². The summed E-state index contributed by atoms with van der Waals surface area (Å²) in [7, 11) is 0. The molecule has 1 aromatic heterocycles. The first-order valence-electron chi connectivity index (χ1n) is 9.07. The van der Waals surface area contributed by atoms with Crippen LogP contribution in [0.15, 0.2) is 18.2 Å². The SMILES string of the molecule is Cc1ccc(-c2nnc3n2CCCCC3)cc1NC(=O)C(C)C(C)N. The van der Waals surface area contributed by atoms with Gasteiger partial charge < -0.3 is 15.6 Å². The Morgan fingerprint density at radius 2 is 2.04 bits per heavy atom. The topological polar surface area (TPSA) is 85.8 Å². The predicted molar refractivity (Wildman–Crippen MR) is 99.2 cm³/mol. The fourth-order valence-corrected chi connectivity index (χ4v) is 3.08. The molecule has 1 aromatic carbocycles. The molecule has 2 atom stereocenters. The van der Waals surface area contributed by atoms with E-state index >= 15 is 0 Å². The number of nitrogens with zero attached hydrogens (tertiary/aromatic N) is 3. The van der Waals surface area contributed by atoms with Crippen LogP contribution < -0.4 is 11.1 Å². The number of anilines is 1. The summed E-state index contributed by atoms with van der Waals surface area (Å²) in [5.74, 6) is 1.64. The number of hydrogen-bond acceptors (Lipinski definition) is 4. The van der Waals surface area contributed by atoms with Crippen molar-refractivity contribution in [2.75, 3.05) is 5.32 Å². The average Bonchev–Trinajstić information content (AvgIpc) is 2.84. The summed E-state index contributed by atoms with van der Waals surface area (Å²) in [6.07, 6.45) is 4.53. The van der Waals surface area contributed by atoms with Crippen LogP contribution >= 0.6 is 0 Å². The number of aryl methyl sites for hydroxylation is 2. The number of nitrogens with one attached hydrogen (secondary N) is 1. The molecule has 0 bridgehead atoms. The highest BCUT2D eigenvalue weighted by Crippen LogP contribution is 2.27. The summed E-state index contributed by atoms with van der Waals surface area (Å²) in [6, 6.07) is 5.86. The molecular formula is C19H27N5O. The van der Waals surface area contributed by atoms with Crippen molar-refractivity contribution < 1.29 is 4.79 Å². The summed E-state index contributed by atoms with van der Waals surface area (Å²) >= 11 is 0. The lowest BCUT2D eigenvalue weighted by molar-refractivity contribution is -0.119. The summed E-state index contributed by atoms with van der Waals surface area (Å²) in [4.78, 5) is 12.4. The lowest BCUT2D eigenvalue weighted by atomic mass is 10.0. The van der Waals surface area contributed by atoms with Crippen molar-refractivity contribution in [3.63, 3.8) is 0 Å². The molecule has 2 unspecified atom stereocenters. The highest BCUT2D eigenvalue weighted by molar-refractivity contribution is 5.94. The minimum atomic E-state index is -0.243. The zero-order valence-electron chi connectivity index (χ0n) is 15.2. The van der Waals surface area contributed by atoms with Crippen LogP contribution in [0.5, 0.6) is 0 Å². The van der Waals surface area contributed by atoms with E-state index in [0.29, 0.717) is 0 Å². The van der Waals surface area contributed by atoms with Gasteiger partial charge in [0.05, 0.1) is 5.92 Å². The Balaban J connectivity index is 1.90. The van der Waals surface area contributed by atoms with Crippen molar-refractivity contribution in [1.29, 1.82) is 0 Å². The first-order chi connectivity index (χ1) is 12.0.